The highest BCUT2D eigenvalue weighted by Gasteiger charge is 2.30. The van der Waals surface area contributed by atoms with E-state index in [9.17, 15) is 18.0 Å². The minimum atomic E-state index is -3.65. The zero-order valence-electron chi connectivity index (χ0n) is 22.6. The molecule has 214 valence electrons. The summed E-state index contributed by atoms with van der Waals surface area (Å²) in [4.78, 5) is 28.1. The van der Waals surface area contributed by atoms with Crippen LogP contribution in [0, 0.1) is 0 Å². The summed E-state index contributed by atoms with van der Waals surface area (Å²) in [7, 11) is -3.65. The first-order chi connectivity index (χ1) is 18.4. The Morgan fingerprint density at radius 3 is 2.36 bits per heavy atom. The third kappa shape index (κ3) is 8.40. The van der Waals surface area contributed by atoms with E-state index in [1.165, 1.54) is 9.21 Å². The number of sulfonamides is 1. The molecule has 2 amide bonds. The van der Waals surface area contributed by atoms with Crippen molar-refractivity contribution in [2.45, 2.75) is 58.7 Å². The van der Waals surface area contributed by atoms with Gasteiger partial charge in [-0.2, -0.15) is 0 Å². The summed E-state index contributed by atoms with van der Waals surface area (Å²) in [6.07, 6.45) is 1.76. The lowest BCUT2D eigenvalue weighted by Crippen LogP contribution is -2.50. The lowest BCUT2D eigenvalue weighted by molar-refractivity contribution is -0.141. The van der Waals surface area contributed by atoms with Crippen molar-refractivity contribution in [3.63, 3.8) is 0 Å². The average molecular weight is 601 g/mol. The van der Waals surface area contributed by atoms with Gasteiger partial charge in [0.1, 0.15) is 19.3 Å². The van der Waals surface area contributed by atoms with E-state index in [4.69, 9.17) is 32.7 Å². The van der Waals surface area contributed by atoms with Crippen LogP contribution in [0.15, 0.2) is 36.4 Å². The van der Waals surface area contributed by atoms with Crippen molar-refractivity contribution in [2.24, 2.45) is 0 Å². The summed E-state index contributed by atoms with van der Waals surface area (Å²) in [6, 6.07) is 9.11. The third-order valence-corrected chi connectivity index (χ3v) is 7.92. The second kappa shape index (κ2) is 13.6. The number of carbonyl (C=O) groups excluding carboxylic acids is 2. The quantitative estimate of drug-likeness (QED) is 0.381. The number of ether oxygens (including phenoxy) is 2. The number of nitrogens with one attached hydrogen (secondary N) is 1. The first-order valence-corrected chi connectivity index (χ1v) is 15.4. The van der Waals surface area contributed by atoms with Crippen LogP contribution in [0.5, 0.6) is 11.5 Å². The van der Waals surface area contributed by atoms with E-state index in [-0.39, 0.29) is 43.8 Å². The molecule has 1 aliphatic heterocycles. The summed E-state index contributed by atoms with van der Waals surface area (Å²) >= 11 is 12.4. The molecule has 0 radical (unpaired) electrons. The summed E-state index contributed by atoms with van der Waals surface area (Å²) < 4.78 is 37.7. The van der Waals surface area contributed by atoms with Crippen molar-refractivity contribution in [1.29, 1.82) is 0 Å². The Hall–Kier alpha value is -2.69. The van der Waals surface area contributed by atoms with E-state index in [1.807, 2.05) is 20.8 Å². The normalized spacial score (nSPS) is 13.6. The largest absolute Gasteiger partial charge is 0.486 e. The lowest BCUT2D eigenvalue weighted by Gasteiger charge is -2.32. The fourth-order valence-corrected chi connectivity index (χ4v) is 5.75. The number of fused-ring (bicyclic) bond motifs is 1. The van der Waals surface area contributed by atoms with Crippen LogP contribution in [0.3, 0.4) is 0 Å². The van der Waals surface area contributed by atoms with E-state index in [1.54, 1.807) is 36.4 Å². The van der Waals surface area contributed by atoms with Crippen molar-refractivity contribution in [3.05, 3.63) is 52.0 Å². The monoisotopic (exact) mass is 599 g/mol. The molecule has 3 rings (SSSR count). The van der Waals surface area contributed by atoms with Crippen LogP contribution in [0.4, 0.5) is 5.69 Å². The van der Waals surface area contributed by atoms with Gasteiger partial charge in [0.2, 0.25) is 21.8 Å². The van der Waals surface area contributed by atoms with E-state index in [0.29, 0.717) is 52.4 Å². The van der Waals surface area contributed by atoms with Gasteiger partial charge in [0.05, 0.1) is 11.9 Å². The van der Waals surface area contributed by atoms with Crippen molar-refractivity contribution in [1.82, 2.24) is 10.2 Å². The predicted molar refractivity (Wildman–Crippen MR) is 153 cm³/mol. The summed E-state index contributed by atoms with van der Waals surface area (Å²) in [5.74, 6) is 0.467. The number of anilines is 1. The van der Waals surface area contributed by atoms with E-state index >= 15 is 0 Å². The van der Waals surface area contributed by atoms with Gasteiger partial charge in [-0.05, 0) is 56.5 Å². The first-order valence-electron chi connectivity index (χ1n) is 12.8. The smallest absolute Gasteiger partial charge is 0.243 e. The summed E-state index contributed by atoms with van der Waals surface area (Å²) in [6.45, 7) is 6.51. The van der Waals surface area contributed by atoms with E-state index in [0.717, 1.165) is 6.26 Å². The number of hydrogen-bond acceptors (Lipinski definition) is 6. The fourth-order valence-electron chi connectivity index (χ4n) is 4.32. The number of hydrogen-bond donors (Lipinski definition) is 1. The van der Waals surface area contributed by atoms with Crippen LogP contribution in [0.1, 0.15) is 45.6 Å². The molecule has 2 aromatic carbocycles. The number of amides is 2. The molecule has 0 saturated carbocycles. The van der Waals surface area contributed by atoms with Crippen LogP contribution in [-0.4, -0.2) is 63.2 Å². The highest BCUT2D eigenvalue weighted by Crippen LogP contribution is 2.35. The minimum absolute atomic E-state index is 0.0211. The van der Waals surface area contributed by atoms with Gasteiger partial charge in [-0.15, -0.1) is 0 Å². The predicted octanol–water partition coefficient (Wildman–Crippen LogP) is 4.64. The van der Waals surface area contributed by atoms with Gasteiger partial charge in [-0.1, -0.05) is 36.2 Å². The maximum atomic E-state index is 13.5. The second-order valence-electron chi connectivity index (χ2n) is 9.61. The molecule has 0 fully saturated rings. The van der Waals surface area contributed by atoms with Gasteiger partial charge in [0, 0.05) is 41.7 Å². The van der Waals surface area contributed by atoms with Crippen LogP contribution >= 0.6 is 23.2 Å². The zero-order chi connectivity index (χ0) is 28.7. The molecule has 2 aromatic rings. The average Bonchev–Trinajstić information content (AvgIpc) is 2.86. The Bertz CT molecular complexity index is 1290. The highest BCUT2D eigenvalue weighted by atomic mass is 35.5. The molecule has 1 N–H and O–H groups in total. The molecule has 0 bridgehead atoms. The molecule has 12 heteroatoms. The maximum Gasteiger partial charge on any atom is 0.243 e. The lowest BCUT2D eigenvalue weighted by atomic mass is 10.1. The third-order valence-electron chi connectivity index (χ3n) is 6.14. The zero-order valence-corrected chi connectivity index (χ0v) is 24.9. The van der Waals surface area contributed by atoms with Crippen molar-refractivity contribution >= 4 is 50.7 Å². The number of benzene rings is 2. The molecule has 0 saturated heterocycles. The number of rotatable bonds is 12. The van der Waals surface area contributed by atoms with Crippen LogP contribution in [0.25, 0.3) is 0 Å². The summed E-state index contributed by atoms with van der Waals surface area (Å²) in [5.41, 5.74) is 1.07. The number of carbonyl (C=O) groups is 2. The standard InChI is InChI=1S/C27H35Cl2N3O6S/c1-5-23(27(34)30-18(2)3)31(17-19-8-9-20(28)15-22(19)29)26(33)7-6-12-32(39(4,35)36)21-10-11-24-25(16-21)38-14-13-37-24/h8-11,15-16,18,23H,5-7,12-14,17H2,1-4H3,(H,30,34)/t23-/m1/s1. The van der Waals surface area contributed by atoms with Crippen LogP contribution < -0.4 is 19.1 Å². The molecule has 0 unspecified atom stereocenters. The molecule has 1 atom stereocenters. The molecular weight excluding hydrogens is 565 g/mol. The van der Waals surface area contributed by atoms with Gasteiger partial charge in [-0.3, -0.25) is 13.9 Å². The van der Waals surface area contributed by atoms with Gasteiger partial charge in [-0.25, -0.2) is 8.42 Å². The Labute approximate surface area is 240 Å². The van der Waals surface area contributed by atoms with E-state index in [2.05, 4.69) is 5.32 Å². The SMILES string of the molecule is CC[C@H](C(=O)NC(C)C)N(Cc1ccc(Cl)cc1Cl)C(=O)CCCN(c1ccc2c(c1)OCCO2)S(C)(=O)=O. The van der Waals surface area contributed by atoms with Gasteiger partial charge < -0.3 is 19.7 Å². The van der Waals surface area contributed by atoms with E-state index < -0.39 is 16.1 Å². The van der Waals surface area contributed by atoms with Crippen molar-refractivity contribution in [2.75, 3.05) is 30.3 Å². The van der Waals surface area contributed by atoms with Crippen LogP contribution in [-0.2, 0) is 26.2 Å². The molecular formula is C27H35Cl2N3O6S. The van der Waals surface area contributed by atoms with Gasteiger partial charge >= 0.3 is 0 Å². The first kappa shape index (κ1) is 30.8. The van der Waals surface area contributed by atoms with Crippen LogP contribution in [0.2, 0.25) is 10.0 Å². The maximum absolute atomic E-state index is 13.5. The Kier molecular flexibility index (Phi) is 10.7. The van der Waals surface area contributed by atoms with Crippen molar-refractivity contribution in [3.8, 4) is 11.5 Å². The Morgan fingerprint density at radius 1 is 1.05 bits per heavy atom. The van der Waals surface area contributed by atoms with Crippen molar-refractivity contribution < 1.29 is 27.5 Å². The second-order valence-corrected chi connectivity index (χ2v) is 12.4. The fraction of sp³-hybridized carbons (Fsp3) is 0.481. The molecule has 1 heterocycles. The molecule has 0 aromatic heterocycles. The Morgan fingerprint density at radius 2 is 1.74 bits per heavy atom. The summed E-state index contributed by atoms with van der Waals surface area (Å²) in [5, 5.41) is 3.74. The minimum Gasteiger partial charge on any atom is -0.486 e. The Balaban J connectivity index is 1.79. The molecule has 39 heavy (non-hydrogen) atoms. The molecule has 0 aliphatic carbocycles. The molecule has 1 aliphatic rings. The molecule has 0 spiro atoms. The molecule has 9 nitrogen and oxygen atoms in total. The van der Waals surface area contributed by atoms with Gasteiger partial charge in [0.15, 0.2) is 11.5 Å². The van der Waals surface area contributed by atoms with Gasteiger partial charge in [0.25, 0.3) is 0 Å². The number of nitrogens with zero attached hydrogens (tertiary/aromatic N) is 2. The topological polar surface area (TPSA) is 105 Å². The number of halogens is 2. The highest BCUT2D eigenvalue weighted by molar-refractivity contribution is 7.92.